The minimum absolute atomic E-state index is 0.742. The van der Waals surface area contributed by atoms with Crippen molar-refractivity contribution in [1.82, 2.24) is 0 Å². The molecule has 2 fully saturated rings. The molecule has 1 heterocycles. The second kappa shape index (κ2) is 5.71. The second-order valence-electron chi connectivity index (χ2n) is 6.80. The van der Waals surface area contributed by atoms with E-state index >= 15 is 0 Å². The predicted molar refractivity (Wildman–Crippen MR) is 75.6 cm³/mol. The largest absolute Gasteiger partial charge is 0.0691 e. The quantitative estimate of drug-likeness (QED) is 0.572. The molecule has 94 valence electrons. The van der Waals surface area contributed by atoms with Gasteiger partial charge in [0, 0.05) is 0 Å². The summed E-state index contributed by atoms with van der Waals surface area (Å²) in [7, 11) is -0.742. The molecule has 1 aliphatic carbocycles. The second-order valence-corrected chi connectivity index (χ2v) is 11.9. The van der Waals surface area contributed by atoms with Crippen LogP contribution in [0.25, 0.3) is 0 Å². The van der Waals surface area contributed by atoms with Crippen LogP contribution in [0, 0.1) is 11.8 Å². The van der Waals surface area contributed by atoms with Crippen LogP contribution in [0.15, 0.2) is 0 Å². The lowest BCUT2D eigenvalue weighted by atomic mass is 9.77. The van der Waals surface area contributed by atoms with Crippen molar-refractivity contribution in [1.29, 1.82) is 0 Å². The van der Waals surface area contributed by atoms with Gasteiger partial charge in [-0.1, -0.05) is 83.0 Å². The van der Waals surface area contributed by atoms with Crippen LogP contribution >= 0.6 is 0 Å². The highest BCUT2D eigenvalue weighted by Gasteiger charge is 2.35. The van der Waals surface area contributed by atoms with Gasteiger partial charge in [0.05, 0.1) is 8.07 Å². The zero-order valence-electron chi connectivity index (χ0n) is 11.4. The Kier molecular flexibility index (Phi) is 4.52. The molecule has 2 aliphatic rings. The lowest BCUT2D eigenvalue weighted by Crippen LogP contribution is -2.36. The molecule has 0 amide bonds. The highest BCUT2D eigenvalue weighted by atomic mass is 28.3. The summed E-state index contributed by atoms with van der Waals surface area (Å²) in [6.07, 6.45) is 12.4. The van der Waals surface area contributed by atoms with E-state index in [1.165, 1.54) is 25.7 Å². The topological polar surface area (TPSA) is 0 Å². The maximum atomic E-state index is 2.67. The van der Waals surface area contributed by atoms with E-state index in [0.717, 1.165) is 11.8 Å². The summed E-state index contributed by atoms with van der Waals surface area (Å²) in [4.78, 5) is 0. The highest BCUT2D eigenvalue weighted by Crippen LogP contribution is 2.42. The van der Waals surface area contributed by atoms with Crippen molar-refractivity contribution in [2.45, 2.75) is 83.0 Å². The summed E-state index contributed by atoms with van der Waals surface area (Å²) in [6.45, 7) is 5.05. The van der Waals surface area contributed by atoms with Gasteiger partial charge in [-0.15, -0.1) is 0 Å². The smallest absolute Gasteiger partial charge is 0.0504 e. The monoisotopic (exact) mass is 238 g/mol. The van der Waals surface area contributed by atoms with Crippen molar-refractivity contribution in [2.75, 3.05) is 0 Å². The fourth-order valence-corrected chi connectivity index (χ4v) is 8.36. The zero-order valence-corrected chi connectivity index (χ0v) is 12.4. The van der Waals surface area contributed by atoms with Crippen LogP contribution < -0.4 is 0 Å². The molecular formula is C15H30Si. The molecule has 2 rings (SSSR count). The lowest BCUT2D eigenvalue weighted by molar-refractivity contribution is 0.229. The average molecular weight is 238 g/mol. The summed E-state index contributed by atoms with van der Waals surface area (Å²) in [5.74, 6) is 2.27. The molecule has 0 bridgehead atoms. The first-order valence-electron chi connectivity index (χ1n) is 7.73. The number of rotatable bonds is 3. The van der Waals surface area contributed by atoms with E-state index in [1.807, 2.05) is 0 Å². The molecule has 1 heteroatoms. The fraction of sp³-hybridized carbons (Fsp3) is 1.00. The van der Waals surface area contributed by atoms with Crippen molar-refractivity contribution < 1.29 is 0 Å². The summed E-state index contributed by atoms with van der Waals surface area (Å²) < 4.78 is 0. The first-order valence-corrected chi connectivity index (χ1v) is 10.9. The molecule has 0 radical (unpaired) electrons. The standard InChI is InChI=1S/C15H30Si/c1-3-11-16(2)12-9-15(10-13-16)14-7-5-4-6-8-14/h14-15H,3-13H2,1-2H3. The molecule has 1 saturated heterocycles. The number of hydrogen-bond acceptors (Lipinski definition) is 0. The van der Waals surface area contributed by atoms with Crippen molar-refractivity contribution >= 4 is 8.07 Å². The minimum atomic E-state index is -0.742. The van der Waals surface area contributed by atoms with Crippen LogP contribution in [0.3, 0.4) is 0 Å². The van der Waals surface area contributed by atoms with Crippen LogP contribution in [0.5, 0.6) is 0 Å². The van der Waals surface area contributed by atoms with Gasteiger partial charge in [-0.2, -0.15) is 0 Å². The third-order valence-corrected chi connectivity index (χ3v) is 10.1. The molecule has 0 spiro atoms. The summed E-state index contributed by atoms with van der Waals surface area (Å²) in [6, 6.07) is 4.91. The Hall–Kier alpha value is 0.217. The van der Waals surface area contributed by atoms with Crippen LogP contribution in [-0.4, -0.2) is 8.07 Å². The van der Waals surface area contributed by atoms with Crippen LogP contribution in [0.1, 0.15) is 58.3 Å². The van der Waals surface area contributed by atoms with E-state index in [9.17, 15) is 0 Å². The SMILES string of the molecule is CCC[Si]1(C)CCC(C2CCCCC2)CC1. The lowest BCUT2D eigenvalue weighted by Gasteiger charge is -2.40. The van der Waals surface area contributed by atoms with E-state index in [2.05, 4.69) is 13.5 Å². The van der Waals surface area contributed by atoms with Gasteiger partial charge in [0.25, 0.3) is 0 Å². The van der Waals surface area contributed by atoms with Gasteiger partial charge in [0.1, 0.15) is 0 Å². The van der Waals surface area contributed by atoms with Crippen LogP contribution in [0.2, 0.25) is 24.7 Å². The molecule has 0 aromatic carbocycles. The Morgan fingerprint density at radius 3 is 2.00 bits per heavy atom. The molecule has 0 unspecified atom stereocenters. The first kappa shape index (κ1) is 12.7. The Bertz CT molecular complexity index is 197. The highest BCUT2D eigenvalue weighted by molar-refractivity contribution is 6.78. The molecule has 1 saturated carbocycles. The molecule has 0 aromatic heterocycles. The molecule has 1 aliphatic heterocycles. The van der Waals surface area contributed by atoms with Gasteiger partial charge < -0.3 is 0 Å². The van der Waals surface area contributed by atoms with Gasteiger partial charge in [-0.25, -0.2) is 0 Å². The number of hydrogen-bond donors (Lipinski definition) is 0. The Morgan fingerprint density at radius 1 is 0.875 bits per heavy atom. The summed E-state index contributed by atoms with van der Waals surface area (Å²) >= 11 is 0. The van der Waals surface area contributed by atoms with Gasteiger partial charge in [0.2, 0.25) is 0 Å². The fourth-order valence-electron chi connectivity index (χ4n) is 4.27. The van der Waals surface area contributed by atoms with Crippen molar-refractivity contribution in [3.05, 3.63) is 0 Å². The predicted octanol–water partition coefficient (Wildman–Crippen LogP) is 5.47. The first-order chi connectivity index (χ1) is 7.73. The maximum absolute atomic E-state index is 2.67. The van der Waals surface area contributed by atoms with Gasteiger partial charge >= 0.3 is 0 Å². The third-order valence-electron chi connectivity index (χ3n) is 5.41. The minimum Gasteiger partial charge on any atom is -0.0691 e. The van der Waals surface area contributed by atoms with Crippen LogP contribution in [-0.2, 0) is 0 Å². The summed E-state index contributed by atoms with van der Waals surface area (Å²) in [5, 5.41) is 0. The Balaban J connectivity index is 1.79. The van der Waals surface area contributed by atoms with E-state index < -0.39 is 8.07 Å². The molecule has 16 heavy (non-hydrogen) atoms. The zero-order chi connectivity index (χ0) is 11.4. The van der Waals surface area contributed by atoms with E-state index in [0.29, 0.717) is 0 Å². The van der Waals surface area contributed by atoms with E-state index in [1.54, 1.807) is 43.8 Å². The molecule has 0 atom stereocenters. The molecule has 0 nitrogen and oxygen atoms in total. The van der Waals surface area contributed by atoms with Crippen molar-refractivity contribution in [2.24, 2.45) is 11.8 Å². The van der Waals surface area contributed by atoms with Gasteiger partial charge in [-0.3, -0.25) is 0 Å². The van der Waals surface area contributed by atoms with Crippen molar-refractivity contribution in [3.63, 3.8) is 0 Å². The van der Waals surface area contributed by atoms with E-state index in [4.69, 9.17) is 0 Å². The molecular weight excluding hydrogens is 208 g/mol. The van der Waals surface area contributed by atoms with Gasteiger partial charge in [0.15, 0.2) is 0 Å². The average Bonchev–Trinajstić information content (AvgIpc) is 2.31. The maximum Gasteiger partial charge on any atom is 0.0504 e. The van der Waals surface area contributed by atoms with Crippen LogP contribution in [0.4, 0.5) is 0 Å². The Morgan fingerprint density at radius 2 is 1.44 bits per heavy atom. The van der Waals surface area contributed by atoms with Gasteiger partial charge in [-0.05, 0) is 11.8 Å². The van der Waals surface area contributed by atoms with Crippen molar-refractivity contribution in [3.8, 4) is 0 Å². The Labute approximate surface area is 103 Å². The third kappa shape index (κ3) is 3.12. The van der Waals surface area contributed by atoms with E-state index in [-0.39, 0.29) is 0 Å². The normalized spacial score (nSPS) is 37.5. The summed E-state index contributed by atoms with van der Waals surface area (Å²) in [5.41, 5.74) is 0. The molecule has 0 N–H and O–H groups in total. The molecule has 0 aromatic rings.